The summed E-state index contributed by atoms with van der Waals surface area (Å²) >= 11 is 4.93. The number of esters is 1. The maximum absolute atomic E-state index is 11.7. The van der Waals surface area contributed by atoms with E-state index in [1.807, 2.05) is 27.7 Å². The van der Waals surface area contributed by atoms with Gasteiger partial charge >= 0.3 is 5.97 Å². The summed E-state index contributed by atoms with van der Waals surface area (Å²) in [6.45, 7) is 7.43. The molecule has 15 heavy (non-hydrogen) atoms. The normalized spacial score (nSPS) is 12.9. The monoisotopic (exact) mass is 232 g/mol. The first-order valence-electron chi connectivity index (χ1n) is 5.01. The Morgan fingerprint density at radius 1 is 1.47 bits per heavy atom. The molecule has 0 bridgehead atoms. The van der Waals surface area contributed by atoms with Gasteiger partial charge in [0.15, 0.2) is 5.11 Å². The van der Waals surface area contributed by atoms with E-state index in [0.29, 0.717) is 11.5 Å². The van der Waals surface area contributed by atoms with Crippen molar-refractivity contribution in [3.05, 3.63) is 0 Å². The molecule has 0 radical (unpaired) electrons. The number of hydrogen-bond acceptors (Lipinski definition) is 3. The van der Waals surface area contributed by atoms with Crippen LogP contribution in [-0.4, -0.2) is 29.8 Å². The summed E-state index contributed by atoms with van der Waals surface area (Å²) in [5.74, 6) is -0.275. The molecule has 0 saturated heterocycles. The average molecular weight is 232 g/mol. The summed E-state index contributed by atoms with van der Waals surface area (Å²) in [7, 11) is 1.71. The van der Waals surface area contributed by atoms with Gasteiger partial charge in [-0.1, -0.05) is 6.92 Å². The van der Waals surface area contributed by atoms with Gasteiger partial charge in [-0.2, -0.15) is 0 Å². The highest BCUT2D eigenvalue weighted by atomic mass is 32.1. The molecule has 0 spiro atoms. The van der Waals surface area contributed by atoms with Crippen LogP contribution in [-0.2, 0) is 9.53 Å². The van der Waals surface area contributed by atoms with Gasteiger partial charge in [0.1, 0.15) is 11.6 Å². The minimum Gasteiger partial charge on any atom is -0.458 e. The van der Waals surface area contributed by atoms with Gasteiger partial charge in [0.05, 0.1) is 0 Å². The highest BCUT2D eigenvalue weighted by Gasteiger charge is 2.23. The molecule has 5 heteroatoms. The van der Waals surface area contributed by atoms with Crippen molar-refractivity contribution in [2.45, 2.75) is 45.8 Å². The largest absolute Gasteiger partial charge is 0.458 e. The van der Waals surface area contributed by atoms with E-state index in [9.17, 15) is 4.79 Å². The third kappa shape index (κ3) is 6.28. The Morgan fingerprint density at radius 3 is 2.33 bits per heavy atom. The maximum Gasteiger partial charge on any atom is 0.329 e. The summed E-state index contributed by atoms with van der Waals surface area (Å²) < 4.78 is 5.25. The second-order valence-electron chi connectivity index (χ2n) is 4.22. The zero-order valence-electron chi connectivity index (χ0n) is 10.0. The van der Waals surface area contributed by atoms with E-state index >= 15 is 0 Å². The van der Waals surface area contributed by atoms with Crippen molar-refractivity contribution in [2.75, 3.05) is 7.05 Å². The number of nitrogens with one attached hydrogen (secondary N) is 2. The third-order valence-electron chi connectivity index (χ3n) is 1.63. The number of carbonyl (C=O) groups excluding carboxylic acids is 1. The summed E-state index contributed by atoms with van der Waals surface area (Å²) in [4.78, 5) is 11.7. The number of ether oxygens (including phenoxy) is 1. The molecule has 0 fully saturated rings. The van der Waals surface area contributed by atoms with Crippen LogP contribution in [0.4, 0.5) is 0 Å². The average Bonchev–Trinajstić information content (AvgIpc) is 2.10. The smallest absolute Gasteiger partial charge is 0.329 e. The summed E-state index contributed by atoms with van der Waals surface area (Å²) in [6, 6.07) is -0.385. The zero-order chi connectivity index (χ0) is 12.1. The Kier molecular flexibility index (Phi) is 5.57. The second kappa shape index (κ2) is 5.90. The van der Waals surface area contributed by atoms with Gasteiger partial charge in [-0.25, -0.2) is 4.79 Å². The highest BCUT2D eigenvalue weighted by Crippen LogP contribution is 2.09. The molecule has 0 aromatic carbocycles. The first-order valence-corrected chi connectivity index (χ1v) is 5.42. The van der Waals surface area contributed by atoms with Crippen LogP contribution in [0.3, 0.4) is 0 Å². The number of hydrogen-bond donors (Lipinski definition) is 2. The summed E-state index contributed by atoms with van der Waals surface area (Å²) in [6.07, 6.45) is 0.636. The molecule has 2 N–H and O–H groups in total. The van der Waals surface area contributed by atoms with Crippen molar-refractivity contribution in [3.63, 3.8) is 0 Å². The van der Waals surface area contributed by atoms with Gasteiger partial charge in [-0.05, 0) is 39.4 Å². The van der Waals surface area contributed by atoms with Gasteiger partial charge in [-0.3, -0.25) is 0 Å². The molecule has 4 nitrogen and oxygen atoms in total. The topological polar surface area (TPSA) is 50.4 Å². The predicted octanol–water partition coefficient (Wildman–Crippen LogP) is 1.20. The van der Waals surface area contributed by atoms with E-state index in [0.717, 1.165) is 0 Å². The van der Waals surface area contributed by atoms with E-state index in [1.165, 1.54) is 0 Å². The molecule has 0 heterocycles. The van der Waals surface area contributed by atoms with Crippen LogP contribution in [0.15, 0.2) is 0 Å². The van der Waals surface area contributed by atoms with Gasteiger partial charge in [0, 0.05) is 7.05 Å². The van der Waals surface area contributed by atoms with Crippen LogP contribution in [0.2, 0.25) is 0 Å². The van der Waals surface area contributed by atoms with Crippen molar-refractivity contribution in [1.82, 2.24) is 10.6 Å². The van der Waals surface area contributed by atoms with Crippen LogP contribution in [0, 0.1) is 0 Å². The summed E-state index contributed by atoms with van der Waals surface area (Å²) in [5.41, 5.74) is -0.465. The minimum atomic E-state index is -0.465. The van der Waals surface area contributed by atoms with Crippen LogP contribution in [0.25, 0.3) is 0 Å². The molecule has 1 atom stereocenters. The van der Waals surface area contributed by atoms with Crippen molar-refractivity contribution in [3.8, 4) is 0 Å². The Balaban J connectivity index is 4.29. The molecular weight excluding hydrogens is 212 g/mol. The second-order valence-corrected chi connectivity index (χ2v) is 4.63. The lowest BCUT2D eigenvalue weighted by Gasteiger charge is -2.24. The fourth-order valence-corrected chi connectivity index (χ4v) is 1.07. The maximum atomic E-state index is 11.7. The Hall–Kier alpha value is -0.840. The SMILES string of the molecule is CC[C@H](NC(=S)NC)C(=O)OC(C)(C)C. The summed E-state index contributed by atoms with van der Waals surface area (Å²) in [5, 5.41) is 6.10. The van der Waals surface area contributed by atoms with Crippen LogP contribution < -0.4 is 10.6 Å². The lowest BCUT2D eigenvalue weighted by molar-refractivity contribution is -0.157. The number of thiocarbonyl (C=S) groups is 1. The molecule has 0 aromatic rings. The number of carbonyl (C=O) groups is 1. The molecule has 0 aliphatic carbocycles. The van der Waals surface area contributed by atoms with Crippen molar-refractivity contribution >= 4 is 23.3 Å². The van der Waals surface area contributed by atoms with Crippen LogP contribution in [0.5, 0.6) is 0 Å². The Morgan fingerprint density at radius 2 is 2.00 bits per heavy atom. The first-order chi connectivity index (χ1) is 6.80. The van der Waals surface area contributed by atoms with Crippen molar-refractivity contribution < 1.29 is 9.53 Å². The van der Waals surface area contributed by atoms with Gasteiger partial charge in [-0.15, -0.1) is 0 Å². The molecule has 0 saturated carbocycles. The molecule has 88 valence electrons. The number of rotatable bonds is 3. The quantitative estimate of drug-likeness (QED) is 0.565. The van der Waals surface area contributed by atoms with Crippen LogP contribution in [0.1, 0.15) is 34.1 Å². The lowest BCUT2D eigenvalue weighted by atomic mass is 10.1. The van der Waals surface area contributed by atoms with E-state index in [1.54, 1.807) is 7.05 Å². The third-order valence-corrected chi connectivity index (χ3v) is 1.95. The van der Waals surface area contributed by atoms with Crippen LogP contribution >= 0.6 is 12.2 Å². The van der Waals surface area contributed by atoms with E-state index in [-0.39, 0.29) is 12.0 Å². The molecular formula is C10H20N2O2S. The van der Waals surface area contributed by atoms with Crippen molar-refractivity contribution in [2.24, 2.45) is 0 Å². The fraction of sp³-hybridized carbons (Fsp3) is 0.800. The Bertz CT molecular complexity index is 236. The van der Waals surface area contributed by atoms with E-state index < -0.39 is 5.60 Å². The van der Waals surface area contributed by atoms with Gasteiger partial charge in [0.25, 0.3) is 0 Å². The molecule has 0 amide bonds. The van der Waals surface area contributed by atoms with E-state index in [2.05, 4.69) is 10.6 Å². The van der Waals surface area contributed by atoms with Crippen molar-refractivity contribution in [1.29, 1.82) is 0 Å². The minimum absolute atomic E-state index is 0.275. The lowest BCUT2D eigenvalue weighted by Crippen LogP contribution is -2.46. The standard InChI is InChI=1S/C10H20N2O2S/c1-6-7(12-9(15)11-5)8(13)14-10(2,3)4/h7H,6H2,1-5H3,(H2,11,12,15)/t7-/m0/s1. The molecule has 0 aromatic heterocycles. The molecule has 0 aliphatic rings. The first kappa shape index (κ1) is 14.2. The van der Waals surface area contributed by atoms with Gasteiger partial charge < -0.3 is 15.4 Å². The fourth-order valence-electron chi connectivity index (χ4n) is 0.931. The molecule has 0 aliphatic heterocycles. The predicted molar refractivity (Wildman–Crippen MR) is 64.7 cm³/mol. The molecule has 0 rings (SSSR count). The Labute approximate surface area is 96.8 Å². The van der Waals surface area contributed by atoms with Gasteiger partial charge in [0.2, 0.25) is 0 Å². The zero-order valence-corrected chi connectivity index (χ0v) is 10.8. The van der Waals surface area contributed by atoms with E-state index in [4.69, 9.17) is 17.0 Å². The highest BCUT2D eigenvalue weighted by molar-refractivity contribution is 7.80. The molecule has 0 unspecified atom stereocenters.